The van der Waals surface area contributed by atoms with Crippen LogP contribution >= 0.6 is 11.3 Å². The highest BCUT2D eigenvalue weighted by molar-refractivity contribution is 7.91. The summed E-state index contributed by atoms with van der Waals surface area (Å²) in [7, 11) is -3.78. The standard InChI is InChI=1S/C9H9N3O2S2/c10-9-12-7(6-4-2-1-3-5-6)8(15-9)16(11,13)14/h1-5H,(H2,10,12)(H2,11,13,14). The Morgan fingerprint density at radius 1 is 1.19 bits per heavy atom. The van der Waals surface area contributed by atoms with Crippen LogP contribution in [0, 0.1) is 0 Å². The Balaban J connectivity index is 2.67. The summed E-state index contributed by atoms with van der Waals surface area (Å²) in [5.74, 6) is 0. The second-order valence-corrected chi connectivity index (χ2v) is 5.89. The van der Waals surface area contributed by atoms with E-state index in [2.05, 4.69) is 4.98 Å². The van der Waals surface area contributed by atoms with Crippen LogP contribution in [0.15, 0.2) is 34.5 Å². The molecule has 1 aromatic carbocycles. The average Bonchev–Trinajstić information content (AvgIpc) is 2.61. The molecule has 0 radical (unpaired) electrons. The zero-order valence-electron chi connectivity index (χ0n) is 8.12. The molecule has 0 spiro atoms. The number of nitrogens with zero attached hydrogens (tertiary/aromatic N) is 1. The van der Waals surface area contributed by atoms with Gasteiger partial charge in [0.1, 0.15) is 5.69 Å². The van der Waals surface area contributed by atoms with Gasteiger partial charge < -0.3 is 5.73 Å². The number of primary sulfonamides is 1. The summed E-state index contributed by atoms with van der Waals surface area (Å²) in [6.45, 7) is 0. The van der Waals surface area contributed by atoms with Crippen LogP contribution in [0.3, 0.4) is 0 Å². The fraction of sp³-hybridized carbons (Fsp3) is 0. The SMILES string of the molecule is Nc1nc(-c2ccccc2)c(S(N)(=O)=O)s1. The van der Waals surface area contributed by atoms with Gasteiger partial charge in [0.15, 0.2) is 9.34 Å². The Hall–Kier alpha value is -1.44. The van der Waals surface area contributed by atoms with Crippen molar-refractivity contribution in [1.29, 1.82) is 0 Å². The van der Waals surface area contributed by atoms with E-state index in [9.17, 15) is 8.42 Å². The molecule has 0 aliphatic rings. The number of anilines is 1. The molecule has 1 aromatic heterocycles. The Bertz CT molecular complexity index is 605. The minimum Gasteiger partial charge on any atom is -0.375 e. The predicted molar refractivity (Wildman–Crippen MR) is 63.3 cm³/mol. The van der Waals surface area contributed by atoms with Crippen molar-refractivity contribution in [1.82, 2.24) is 4.98 Å². The van der Waals surface area contributed by atoms with Crippen LogP contribution < -0.4 is 10.9 Å². The molecule has 4 N–H and O–H groups in total. The fourth-order valence-corrected chi connectivity index (χ4v) is 3.03. The van der Waals surface area contributed by atoms with Gasteiger partial charge in [0, 0.05) is 5.56 Å². The summed E-state index contributed by atoms with van der Waals surface area (Å²) < 4.78 is 22.7. The molecular weight excluding hydrogens is 246 g/mol. The number of nitrogens with two attached hydrogens (primary N) is 2. The number of hydrogen-bond acceptors (Lipinski definition) is 5. The van der Waals surface area contributed by atoms with Gasteiger partial charge in [-0.2, -0.15) is 0 Å². The maximum atomic E-state index is 11.3. The number of benzene rings is 1. The third kappa shape index (κ3) is 2.06. The van der Waals surface area contributed by atoms with Crippen molar-refractivity contribution in [2.75, 3.05) is 5.73 Å². The van der Waals surface area contributed by atoms with Gasteiger partial charge in [0.05, 0.1) is 0 Å². The minimum absolute atomic E-state index is 0.00352. The highest BCUT2D eigenvalue weighted by Gasteiger charge is 2.20. The number of hydrogen-bond donors (Lipinski definition) is 2. The summed E-state index contributed by atoms with van der Waals surface area (Å²) in [6.07, 6.45) is 0. The van der Waals surface area contributed by atoms with Crippen LogP contribution in [-0.4, -0.2) is 13.4 Å². The first kappa shape index (κ1) is 11.1. The first-order valence-corrected chi connectivity index (χ1v) is 6.69. The van der Waals surface area contributed by atoms with Gasteiger partial charge in [-0.05, 0) is 0 Å². The summed E-state index contributed by atoms with van der Waals surface area (Å²) in [5, 5.41) is 5.28. The molecule has 5 nitrogen and oxygen atoms in total. The van der Waals surface area contributed by atoms with E-state index in [0.29, 0.717) is 11.3 Å². The van der Waals surface area contributed by atoms with Crippen LogP contribution in [0.4, 0.5) is 5.13 Å². The number of thiazole rings is 1. The Morgan fingerprint density at radius 2 is 1.81 bits per heavy atom. The van der Waals surface area contributed by atoms with E-state index in [1.165, 1.54) is 0 Å². The molecule has 0 saturated heterocycles. The molecule has 84 valence electrons. The Morgan fingerprint density at radius 3 is 2.38 bits per heavy atom. The number of aromatic nitrogens is 1. The maximum Gasteiger partial charge on any atom is 0.249 e. The Labute approximate surface area is 96.8 Å². The second kappa shape index (κ2) is 3.85. The number of rotatable bonds is 2. The topological polar surface area (TPSA) is 99.1 Å². The van der Waals surface area contributed by atoms with Crippen LogP contribution in [0.2, 0.25) is 0 Å². The van der Waals surface area contributed by atoms with Gasteiger partial charge >= 0.3 is 0 Å². The van der Waals surface area contributed by atoms with Crippen LogP contribution in [0.25, 0.3) is 11.3 Å². The molecular formula is C9H9N3O2S2. The predicted octanol–water partition coefficient (Wildman–Crippen LogP) is 1.04. The lowest BCUT2D eigenvalue weighted by atomic mass is 10.2. The van der Waals surface area contributed by atoms with Crippen LogP contribution in [-0.2, 0) is 10.0 Å². The summed E-state index contributed by atoms with van der Waals surface area (Å²) >= 11 is 0.870. The molecule has 0 saturated carbocycles. The zero-order chi connectivity index (χ0) is 11.8. The Kier molecular flexibility index (Phi) is 2.66. The molecule has 0 bridgehead atoms. The highest BCUT2D eigenvalue weighted by Crippen LogP contribution is 2.32. The first-order valence-electron chi connectivity index (χ1n) is 4.33. The van der Waals surface area contributed by atoms with Crippen molar-refractivity contribution >= 4 is 26.5 Å². The van der Waals surface area contributed by atoms with E-state index in [0.717, 1.165) is 11.3 Å². The highest BCUT2D eigenvalue weighted by atomic mass is 32.2. The second-order valence-electron chi connectivity index (χ2n) is 3.10. The minimum atomic E-state index is -3.78. The van der Waals surface area contributed by atoms with E-state index in [1.807, 2.05) is 6.07 Å². The fourth-order valence-electron chi connectivity index (χ4n) is 1.29. The van der Waals surface area contributed by atoms with Gasteiger partial charge in [-0.1, -0.05) is 41.7 Å². The molecule has 7 heteroatoms. The van der Waals surface area contributed by atoms with Crippen molar-refractivity contribution in [2.45, 2.75) is 4.21 Å². The summed E-state index contributed by atoms with van der Waals surface area (Å²) in [6, 6.07) is 8.91. The lowest BCUT2D eigenvalue weighted by Crippen LogP contribution is -2.11. The summed E-state index contributed by atoms with van der Waals surface area (Å²) in [4.78, 5) is 3.98. The van der Waals surface area contributed by atoms with E-state index >= 15 is 0 Å². The third-order valence-electron chi connectivity index (χ3n) is 1.92. The van der Waals surface area contributed by atoms with E-state index < -0.39 is 10.0 Å². The molecule has 0 aliphatic heterocycles. The van der Waals surface area contributed by atoms with Gasteiger partial charge in [0.25, 0.3) is 0 Å². The van der Waals surface area contributed by atoms with E-state index in [4.69, 9.17) is 10.9 Å². The molecule has 0 aliphatic carbocycles. The zero-order valence-corrected chi connectivity index (χ0v) is 9.75. The van der Waals surface area contributed by atoms with Gasteiger partial charge in [-0.15, -0.1) is 0 Å². The molecule has 16 heavy (non-hydrogen) atoms. The molecule has 0 amide bonds. The van der Waals surface area contributed by atoms with E-state index in [-0.39, 0.29) is 9.34 Å². The molecule has 2 rings (SSSR count). The van der Waals surface area contributed by atoms with Gasteiger partial charge in [-0.25, -0.2) is 18.5 Å². The molecule has 2 aromatic rings. The summed E-state index contributed by atoms with van der Waals surface area (Å²) in [5.41, 5.74) is 6.49. The number of sulfonamides is 1. The lowest BCUT2D eigenvalue weighted by molar-refractivity contribution is 0.600. The van der Waals surface area contributed by atoms with Crippen molar-refractivity contribution in [2.24, 2.45) is 5.14 Å². The van der Waals surface area contributed by atoms with Gasteiger partial charge in [0.2, 0.25) is 10.0 Å². The van der Waals surface area contributed by atoms with Crippen LogP contribution in [0.1, 0.15) is 0 Å². The molecule has 0 fully saturated rings. The van der Waals surface area contributed by atoms with Gasteiger partial charge in [-0.3, -0.25) is 0 Å². The monoisotopic (exact) mass is 255 g/mol. The van der Waals surface area contributed by atoms with E-state index in [1.54, 1.807) is 24.3 Å². The largest absolute Gasteiger partial charge is 0.375 e. The maximum absolute atomic E-state index is 11.3. The van der Waals surface area contributed by atoms with Crippen molar-refractivity contribution in [3.8, 4) is 11.3 Å². The van der Waals surface area contributed by atoms with Crippen molar-refractivity contribution in [3.05, 3.63) is 30.3 Å². The lowest BCUT2D eigenvalue weighted by Gasteiger charge is -1.99. The number of nitrogen functional groups attached to an aromatic ring is 1. The smallest absolute Gasteiger partial charge is 0.249 e. The molecule has 0 atom stereocenters. The van der Waals surface area contributed by atoms with Crippen molar-refractivity contribution in [3.63, 3.8) is 0 Å². The van der Waals surface area contributed by atoms with Crippen LogP contribution in [0.5, 0.6) is 0 Å². The molecule has 1 heterocycles. The quantitative estimate of drug-likeness (QED) is 0.837. The molecule has 0 unspecified atom stereocenters. The average molecular weight is 255 g/mol. The van der Waals surface area contributed by atoms with Crippen molar-refractivity contribution < 1.29 is 8.42 Å². The third-order valence-corrected chi connectivity index (χ3v) is 4.25. The first-order chi connectivity index (χ1) is 7.48. The normalized spacial score (nSPS) is 11.6.